The van der Waals surface area contributed by atoms with Crippen molar-refractivity contribution in [2.75, 3.05) is 11.9 Å². The number of fused-ring (bicyclic) bond motifs is 1. The van der Waals surface area contributed by atoms with Gasteiger partial charge in [0.15, 0.2) is 0 Å². The largest absolute Gasteiger partial charge is 0.346 e. The molecule has 10 heteroatoms. The molecular formula is C21H28Cl2N6O2. The third kappa shape index (κ3) is 6.92. The minimum absolute atomic E-state index is 0. The van der Waals surface area contributed by atoms with Crippen molar-refractivity contribution in [3.05, 3.63) is 54.4 Å². The Labute approximate surface area is 193 Å². The Morgan fingerprint density at radius 2 is 1.81 bits per heavy atom. The van der Waals surface area contributed by atoms with E-state index in [1.165, 1.54) is 0 Å². The summed E-state index contributed by atoms with van der Waals surface area (Å²) in [6, 6.07) is 12.8. The van der Waals surface area contributed by atoms with Crippen LogP contribution in [0, 0.1) is 5.92 Å². The quantitative estimate of drug-likeness (QED) is 0.471. The highest BCUT2D eigenvalue weighted by atomic mass is 35.5. The number of nitrogens with two attached hydrogens (primary N) is 1. The summed E-state index contributed by atoms with van der Waals surface area (Å²) in [5.74, 6) is -0.272. The van der Waals surface area contributed by atoms with Crippen LogP contribution in [0.15, 0.2) is 48.7 Å². The normalized spacial score (nSPS) is 11.4. The van der Waals surface area contributed by atoms with Gasteiger partial charge in [0.1, 0.15) is 0 Å². The number of carbonyl (C=O) groups excluding carboxylic acids is 2. The highest BCUT2D eigenvalue weighted by Crippen LogP contribution is 2.20. The van der Waals surface area contributed by atoms with Crippen LogP contribution in [0.3, 0.4) is 0 Å². The fourth-order valence-corrected chi connectivity index (χ4v) is 2.93. The van der Waals surface area contributed by atoms with E-state index < -0.39 is 6.04 Å². The molecule has 0 radical (unpaired) electrons. The molecule has 2 amide bonds. The molecule has 0 aliphatic rings. The number of anilines is 1. The van der Waals surface area contributed by atoms with Gasteiger partial charge in [0.05, 0.1) is 23.6 Å². The van der Waals surface area contributed by atoms with Gasteiger partial charge in [-0.15, -0.1) is 24.8 Å². The first-order valence-corrected chi connectivity index (χ1v) is 9.64. The maximum absolute atomic E-state index is 12.4. The molecule has 8 nitrogen and oxygen atoms in total. The van der Waals surface area contributed by atoms with Crippen molar-refractivity contribution < 1.29 is 9.59 Å². The number of amides is 2. The van der Waals surface area contributed by atoms with Crippen molar-refractivity contribution in [2.45, 2.75) is 32.9 Å². The molecule has 3 rings (SSSR count). The number of rotatable bonds is 8. The molecule has 0 unspecified atom stereocenters. The maximum Gasteiger partial charge on any atom is 0.246 e. The molecule has 2 heterocycles. The van der Waals surface area contributed by atoms with Gasteiger partial charge in [-0.05, 0) is 30.2 Å². The molecule has 0 spiro atoms. The van der Waals surface area contributed by atoms with E-state index in [4.69, 9.17) is 5.73 Å². The number of carbonyl (C=O) groups is 2. The monoisotopic (exact) mass is 466 g/mol. The van der Waals surface area contributed by atoms with Gasteiger partial charge in [0.25, 0.3) is 0 Å². The molecule has 0 aliphatic heterocycles. The zero-order chi connectivity index (χ0) is 20.8. The van der Waals surface area contributed by atoms with Crippen LogP contribution in [-0.2, 0) is 22.6 Å². The first-order valence-electron chi connectivity index (χ1n) is 9.64. The number of nitrogens with zero attached hydrogens (tertiary/aromatic N) is 3. The molecule has 0 fully saturated rings. The molecule has 3 aromatic rings. The van der Waals surface area contributed by atoms with Gasteiger partial charge in [-0.1, -0.05) is 32.0 Å². The Balaban J connectivity index is 0.00000240. The van der Waals surface area contributed by atoms with Gasteiger partial charge in [-0.3, -0.25) is 19.9 Å². The van der Waals surface area contributed by atoms with Gasteiger partial charge >= 0.3 is 0 Å². The van der Waals surface area contributed by atoms with Crippen LogP contribution >= 0.6 is 24.8 Å². The average Bonchev–Trinajstić information content (AvgIpc) is 3.07. The third-order valence-electron chi connectivity index (χ3n) is 4.67. The van der Waals surface area contributed by atoms with E-state index in [1.54, 1.807) is 6.20 Å². The minimum Gasteiger partial charge on any atom is -0.346 e. The molecule has 168 valence electrons. The number of halogens is 2. The highest BCUT2D eigenvalue weighted by molar-refractivity contribution is 5.95. The van der Waals surface area contributed by atoms with Crippen molar-refractivity contribution in [2.24, 2.45) is 11.7 Å². The number of nitrogens with one attached hydrogen (secondary N) is 2. The van der Waals surface area contributed by atoms with Crippen LogP contribution in [-0.4, -0.2) is 38.9 Å². The summed E-state index contributed by atoms with van der Waals surface area (Å²) >= 11 is 0. The second kappa shape index (κ2) is 12.2. The lowest BCUT2D eigenvalue weighted by Crippen LogP contribution is -2.46. The van der Waals surface area contributed by atoms with E-state index >= 15 is 0 Å². The number of hydrogen-bond donors (Lipinski definition) is 3. The molecule has 0 saturated carbocycles. The number of hydrogen-bond acceptors (Lipinski definition) is 5. The summed E-state index contributed by atoms with van der Waals surface area (Å²) in [4.78, 5) is 33.2. The lowest BCUT2D eigenvalue weighted by molar-refractivity contribution is -0.125. The third-order valence-corrected chi connectivity index (χ3v) is 4.67. The molecule has 2 aromatic heterocycles. The number of para-hydroxylation sites is 2. The summed E-state index contributed by atoms with van der Waals surface area (Å²) in [6.45, 7) is 4.16. The number of benzene rings is 1. The van der Waals surface area contributed by atoms with Crippen molar-refractivity contribution in [1.82, 2.24) is 19.9 Å². The van der Waals surface area contributed by atoms with Crippen LogP contribution in [0.4, 0.5) is 5.95 Å². The summed E-state index contributed by atoms with van der Waals surface area (Å²) in [5, 5.41) is 5.37. The summed E-state index contributed by atoms with van der Waals surface area (Å²) in [5.41, 5.74) is 8.47. The number of imidazole rings is 1. The lowest BCUT2D eigenvalue weighted by Gasteiger charge is -2.15. The molecule has 31 heavy (non-hydrogen) atoms. The maximum atomic E-state index is 12.4. The van der Waals surface area contributed by atoms with Gasteiger partial charge < -0.3 is 15.6 Å². The van der Waals surface area contributed by atoms with E-state index in [9.17, 15) is 9.59 Å². The predicted octanol–water partition coefficient (Wildman–Crippen LogP) is 2.56. The molecular weight excluding hydrogens is 439 g/mol. The first-order chi connectivity index (χ1) is 14.0. The number of aryl methyl sites for hydroxylation is 2. The fraction of sp³-hybridized carbons (Fsp3) is 0.333. The van der Waals surface area contributed by atoms with Crippen LogP contribution in [0.2, 0.25) is 0 Å². The highest BCUT2D eigenvalue weighted by Gasteiger charge is 2.18. The zero-order valence-electron chi connectivity index (χ0n) is 17.4. The summed E-state index contributed by atoms with van der Waals surface area (Å²) < 4.78 is 1.95. The molecule has 0 bridgehead atoms. The van der Waals surface area contributed by atoms with Crippen molar-refractivity contribution in [1.29, 1.82) is 0 Å². The van der Waals surface area contributed by atoms with Crippen molar-refractivity contribution >= 4 is 53.6 Å². The second-order valence-corrected chi connectivity index (χ2v) is 7.18. The fourth-order valence-electron chi connectivity index (χ4n) is 2.93. The topological polar surface area (TPSA) is 115 Å². The van der Waals surface area contributed by atoms with Crippen LogP contribution < -0.4 is 16.4 Å². The molecule has 0 saturated heterocycles. The minimum atomic E-state index is -0.647. The lowest BCUT2D eigenvalue weighted by atomic mass is 10.1. The SMILES string of the molecule is CC(C)[C@H](N)C(=O)NCC(=O)Nc1nc2ccccc2n1CCc1ccccn1.Cl.Cl. The van der Waals surface area contributed by atoms with E-state index in [-0.39, 0.29) is 49.1 Å². The Bertz CT molecular complexity index is 994. The molecule has 4 N–H and O–H groups in total. The Kier molecular flexibility index (Phi) is 10.4. The van der Waals surface area contributed by atoms with E-state index in [2.05, 4.69) is 20.6 Å². The zero-order valence-corrected chi connectivity index (χ0v) is 19.1. The van der Waals surface area contributed by atoms with Crippen LogP contribution in [0.5, 0.6) is 0 Å². The van der Waals surface area contributed by atoms with Crippen LogP contribution in [0.25, 0.3) is 11.0 Å². The Morgan fingerprint density at radius 1 is 1.10 bits per heavy atom. The van der Waals surface area contributed by atoms with Crippen LogP contribution in [0.1, 0.15) is 19.5 Å². The average molecular weight is 467 g/mol. The Hall–Kier alpha value is -2.68. The number of pyridine rings is 1. The Morgan fingerprint density at radius 3 is 2.48 bits per heavy atom. The van der Waals surface area contributed by atoms with Gasteiger partial charge in [-0.2, -0.15) is 0 Å². The van der Waals surface area contributed by atoms with Gasteiger partial charge in [0, 0.05) is 24.9 Å². The first kappa shape index (κ1) is 26.4. The smallest absolute Gasteiger partial charge is 0.246 e. The predicted molar refractivity (Wildman–Crippen MR) is 127 cm³/mol. The number of aromatic nitrogens is 3. The van der Waals surface area contributed by atoms with E-state index in [0.717, 1.165) is 16.7 Å². The van der Waals surface area contributed by atoms with Crippen molar-refractivity contribution in [3.8, 4) is 0 Å². The molecule has 0 aliphatic carbocycles. The van der Waals surface area contributed by atoms with Crippen molar-refractivity contribution in [3.63, 3.8) is 0 Å². The van der Waals surface area contributed by atoms with E-state index in [0.29, 0.717) is 18.9 Å². The van der Waals surface area contributed by atoms with Gasteiger partial charge in [-0.25, -0.2) is 4.98 Å². The van der Waals surface area contributed by atoms with Gasteiger partial charge in [0.2, 0.25) is 17.8 Å². The van der Waals surface area contributed by atoms with E-state index in [1.807, 2.05) is 60.9 Å². The standard InChI is InChI=1S/C21H26N6O2.2ClH/c1-14(2)19(22)20(29)24-13-18(28)26-21-25-16-8-3-4-9-17(16)27(21)12-10-15-7-5-6-11-23-15;;/h3-9,11,14,19H,10,12-13,22H2,1-2H3,(H,24,29)(H,25,26,28);2*1H/t19-;;/m0../s1. The molecule has 1 atom stereocenters. The molecule has 1 aromatic carbocycles. The summed E-state index contributed by atoms with van der Waals surface area (Å²) in [6.07, 6.45) is 2.46. The summed E-state index contributed by atoms with van der Waals surface area (Å²) in [7, 11) is 0. The second-order valence-electron chi connectivity index (χ2n) is 7.18.